The molecule has 0 bridgehead atoms. The van der Waals surface area contributed by atoms with Crippen LogP contribution >= 0.6 is 11.8 Å². The van der Waals surface area contributed by atoms with Crippen molar-refractivity contribution in [1.29, 1.82) is 0 Å². The van der Waals surface area contributed by atoms with E-state index in [0.29, 0.717) is 11.8 Å². The normalized spacial score (nSPS) is 25.3. The van der Waals surface area contributed by atoms with Crippen molar-refractivity contribution in [1.82, 2.24) is 10.2 Å². The van der Waals surface area contributed by atoms with Crippen molar-refractivity contribution < 1.29 is 9.53 Å². The highest BCUT2D eigenvalue weighted by Crippen LogP contribution is 2.37. The third-order valence-electron chi connectivity index (χ3n) is 5.36. The first-order valence-corrected chi connectivity index (χ1v) is 11.1. The lowest BCUT2D eigenvalue weighted by Gasteiger charge is -2.38. The number of nitrogens with one attached hydrogen (secondary N) is 2. The van der Waals surface area contributed by atoms with Crippen molar-refractivity contribution in [3.05, 3.63) is 24.3 Å². The number of rotatable bonds is 6. The van der Waals surface area contributed by atoms with Crippen molar-refractivity contribution in [2.45, 2.75) is 74.8 Å². The van der Waals surface area contributed by atoms with Crippen LogP contribution in [0.4, 0.5) is 10.5 Å². The molecule has 2 fully saturated rings. The number of anilines is 1. The van der Waals surface area contributed by atoms with Crippen LogP contribution in [0.15, 0.2) is 29.2 Å². The minimum Gasteiger partial charge on any atom is -0.373 e. The Morgan fingerprint density at radius 3 is 2.59 bits per heavy atom. The van der Waals surface area contributed by atoms with Gasteiger partial charge in [-0.15, -0.1) is 11.8 Å². The quantitative estimate of drug-likeness (QED) is 0.757. The molecule has 1 saturated heterocycles. The standard InChI is InChI=1S/C21H33N3O2S/c1-15(24-13-16(2)26-17(3)14-24)12-22-21(25)23-19-10-6-7-11-20(19)27-18-8-4-5-9-18/h6-7,10-11,15-18H,4-5,8-9,12-14H2,1-3H3,(H2,22,23,25)/t15-,16+,17+/m0/s1. The van der Waals surface area contributed by atoms with Gasteiger partial charge in [0.1, 0.15) is 0 Å². The second kappa shape index (κ2) is 9.80. The molecule has 1 saturated carbocycles. The SMILES string of the molecule is C[C@@H]1CN([C@@H](C)CNC(=O)Nc2ccccc2SC2CCCC2)C[C@@H](C)O1. The van der Waals surface area contributed by atoms with Crippen LogP contribution in [0.2, 0.25) is 0 Å². The Hall–Kier alpha value is -1.24. The third kappa shape index (κ3) is 6.13. The van der Waals surface area contributed by atoms with Gasteiger partial charge in [0.25, 0.3) is 0 Å². The molecule has 2 aliphatic rings. The number of benzene rings is 1. The van der Waals surface area contributed by atoms with Crippen LogP contribution in [0, 0.1) is 0 Å². The Kier molecular flexibility index (Phi) is 7.44. The van der Waals surface area contributed by atoms with Crippen molar-refractivity contribution in [2.24, 2.45) is 0 Å². The summed E-state index contributed by atoms with van der Waals surface area (Å²) < 4.78 is 5.80. The molecule has 0 radical (unpaired) electrons. The maximum atomic E-state index is 12.4. The lowest BCUT2D eigenvalue weighted by atomic mass is 10.2. The molecular formula is C21H33N3O2S. The molecule has 1 aromatic rings. The van der Waals surface area contributed by atoms with E-state index < -0.39 is 0 Å². The molecule has 1 aromatic carbocycles. The molecule has 2 amide bonds. The summed E-state index contributed by atoms with van der Waals surface area (Å²) in [5.41, 5.74) is 0.910. The number of ether oxygens (including phenoxy) is 1. The van der Waals surface area contributed by atoms with E-state index in [4.69, 9.17) is 4.74 Å². The highest BCUT2D eigenvalue weighted by Gasteiger charge is 2.26. The van der Waals surface area contributed by atoms with Crippen LogP contribution in [0.5, 0.6) is 0 Å². The zero-order valence-corrected chi connectivity index (χ0v) is 17.6. The Labute approximate surface area is 167 Å². The van der Waals surface area contributed by atoms with E-state index in [0.717, 1.165) is 18.8 Å². The fourth-order valence-corrected chi connectivity index (χ4v) is 5.30. The fraction of sp³-hybridized carbons (Fsp3) is 0.667. The van der Waals surface area contributed by atoms with Gasteiger partial charge in [-0.05, 0) is 45.7 Å². The third-order valence-corrected chi connectivity index (χ3v) is 6.77. The maximum absolute atomic E-state index is 12.4. The lowest BCUT2D eigenvalue weighted by molar-refractivity contribution is -0.0777. The number of hydrogen-bond donors (Lipinski definition) is 2. The first-order chi connectivity index (χ1) is 13.0. The van der Waals surface area contributed by atoms with E-state index in [-0.39, 0.29) is 24.3 Å². The molecule has 2 N–H and O–H groups in total. The Balaban J connectivity index is 1.49. The predicted octanol–water partition coefficient (Wildman–Crippen LogP) is 4.34. The largest absolute Gasteiger partial charge is 0.373 e. The van der Waals surface area contributed by atoms with Crippen LogP contribution in [-0.2, 0) is 4.74 Å². The van der Waals surface area contributed by atoms with Gasteiger partial charge in [-0.1, -0.05) is 25.0 Å². The van der Waals surface area contributed by atoms with Crippen molar-refractivity contribution in [2.75, 3.05) is 25.0 Å². The van der Waals surface area contributed by atoms with E-state index in [2.05, 4.69) is 42.4 Å². The molecule has 5 nitrogen and oxygen atoms in total. The van der Waals surface area contributed by atoms with Gasteiger partial charge in [-0.2, -0.15) is 0 Å². The number of hydrogen-bond acceptors (Lipinski definition) is 4. The van der Waals surface area contributed by atoms with Gasteiger partial charge in [-0.3, -0.25) is 4.90 Å². The second-order valence-electron chi connectivity index (χ2n) is 7.92. The molecule has 150 valence electrons. The van der Waals surface area contributed by atoms with Gasteiger partial charge in [0.15, 0.2) is 0 Å². The summed E-state index contributed by atoms with van der Waals surface area (Å²) in [6.07, 6.45) is 5.68. The van der Waals surface area contributed by atoms with E-state index in [1.165, 1.54) is 30.6 Å². The van der Waals surface area contributed by atoms with Crippen LogP contribution in [0.25, 0.3) is 0 Å². The summed E-state index contributed by atoms with van der Waals surface area (Å²) in [5.74, 6) is 0. The zero-order chi connectivity index (χ0) is 19.2. The first kappa shape index (κ1) is 20.5. The monoisotopic (exact) mass is 391 g/mol. The van der Waals surface area contributed by atoms with Gasteiger partial charge >= 0.3 is 6.03 Å². The average molecular weight is 392 g/mol. The van der Waals surface area contributed by atoms with Crippen LogP contribution in [0.3, 0.4) is 0 Å². The number of amides is 2. The van der Waals surface area contributed by atoms with Gasteiger partial charge in [0.05, 0.1) is 17.9 Å². The van der Waals surface area contributed by atoms with Crippen LogP contribution < -0.4 is 10.6 Å². The van der Waals surface area contributed by atoms with Crippen molar-refractivity contribution in [3.63, 3.8) is 0 Å². The molecular weight excluding hydrogens is 358 g/mol. The topological polar surface area (TPSA) is 53.6 Å². The van der Waals surface area contributed by atoms with Crippen LogP contribution in [-0.4, -0.2) is 54.1 Å². The summed E-state index contributed by atoms with van der Waals surface area (Å²) in [4.78, 5) is 16.0. The number of nitrogens with zero attached hydrogens (tertiary/aromatic N) is 1. The number of carbonyl (C=O) groups is 1. The number of thioether (sulfide) groups is 1. The summed E-state index contributed by atoms with van der Waals surface area (Å²) in [5, 5.41) is 6.76. The molecule has 1 aliphatic carbocycles. The molecule has 3 atom stereocenters. The molecule has 27 heavy (non-hydrogen) atoms. The van der Waals surface area contributed by atoms with Crippen molar-refractivity contribution >= 4 is 23.5 Å². The molecule has 0 spiro atoms. The van der Waals surface area contributed by atoms with Crippen LogP contribution in [0.1, 0.15) is 46.5 Å². The summed E-state index contributed by atoms with van der Waals surface area (Å²) >= 11 is 1.90. The predicted molar refractivity (Wildman–Crippen MR) is 113 cm³/mol. The number of carbonyl (C=O) groups excluding carboxylic acids is 1. The summed E-state index contributed by atoms with van der Waals surface area (Å²) in [7, 11) is 0. The number of morpholine rings is 1. The number of para-hydroxylation sites is 1. The minimum absolute atomic E-state index is 0.129. The van der Waals surface area contributed by atoms with Gasteiger partial charge < -0.3 is 15.4 Å². The highest BCUT2D eigenvalue weighted by molar-refractivity contribution is 8.00. The first-order valence-electron chi connectivity index (χ1n) is 10.2. The zero-order valence-electron chi connectivity index (χ0n) is 16.7. The Bertz CT molecular complexity index is 611. The average Bonchev–Trinajstić information content (AvgIpc) is 3.13. The molecule has 0 unspecified atom stereocenters. The molecule has 1 heterocycles. The van der Waals surface area contributed by atoms with E-state index >= 15 is 0 Å². The van der Waals surface area contributed by atoms with E-state index in [1.807, 2.05) is 30.0 Å². The van der Waals surface area contributed by atoms with E-state index in [1.54, 1.807) is 0 Å². The van der Waals surface area contributed by atoms with Gasteiger partial charge in [0, 0.05) is 35.8 Å². The smallest absolute Gasteiger partial charge is 0.319 e. The molecule has 3 rings (SSSR count). The Morgan fingerprint density at radius 2 is 1.89 bits per heavy atom. The van der Waals surface area contributed by atoms with Crippen molar-refractivity contribution in [3.8, 4) is 0 Å². The number of urea groups is 1. The second-order valence-corrected chi connectivity index (χ2v) is 9.26. The van der Waals surface area contributed by atoms with Gasteiger partial charge in [-0.25, -0.2) is 4.79 Å². The molecule has 0 aromatic heterocycles. The Morgan fingerprint density at radius 1 is 1.22 bits per heavy atom. The fourth-order valence-electron chi connectivity index (χ4n) is 3.97. The van der Waals surface area contributed by atoms with E-state index in [9.17, 15) is 4.79 Å². The molecule has 6 heteroatoms. The summed E-state index contributed by atoms with van der Waals surface area (Å²) in [6, 6.07) is 8.28. The maximum Gasteiger partial charge on any atom is 0.319 e. The lowest BCUT2D eigenvalue weighted by Crippen LogP contribution is -2.52. The molecule has 1 aliphatic heterocycles. The summed E-state index contributed by atoms with van der Waals surface area (Å²) in [6.45, 7) is 8.83. The minimum atomic E-state index is -0.129. The van der Waals surface area contributed by atoms with Gasteiger partial charge in [0.2, 0.25) is 0 Å². The highest BCUT2D eigenvalue weighted by atomic mass is 32.2.